The number of rotatable bonds is 6. The van der Waals surface area contributed by atoms with Crippen LogP contribution in [0.15, 0.2) is 66.7 Å². The molecular formula is C25H28N2O4S. The van der Waals surface area contributed by atoms with E-state index in [0.29, 0.717) is 16.9 Å². The monoisotopic (exact) mass is 452 g/mol. The van der Waals surface area contributed by atoms with Gasteiger partial charge in [0.1, 0.15) is 5.60 Å². The molecule has 3 aromatic carbocycles. The predicted octanol–water partition coefficient (Wildman–Crippen LogP) is 5.73. The molecule has 0 bridgehead atoms. The number of sulfonamides is 1. The van der Waals surface area contributed by atoms with Gasteiger partial charge in [-0.3, -0.25) is 4.72 Å². The van der Waals surface area contributed by atoms with Crippen molar-refractivity contribution in [3.8, 4) is 11.1 Å². The second kappa shape index (κ2) is 9.04. The quantitative estimate of drug-likeness (QED) is 0.467. The van der Waals surface area contributed by atoms with E-state index in [1.807, 2.05) is 76.2 Å². The molecule has 0 saturated heterocycles. The zero-order valence-corrected chi connectivity index (χ0v) is 19.7. The van der Waals surface area contributed by atoms with Gasteiger partial charge in [0.25, 0.3) is 0 Å². The molecule has 0 amide bonds. The minimum Gasteiger partial charge on any atom is -0.456 e. The first-order valence-electron chi connectivity index (χ1n) is 10.2. The van der Waals surface area contributed by atoms with Crippen LogP contribution in [0.3, 0.4) is 0 Å². The molecular weight excluding hydrogens is 424 g/mol. The molecule has 0 aliphatic heterocycles. The number of hydrogen-bond donors (Lipinski definition) is 2. The minimum atomic E-state index is -3.34. The Bertz CT molecular complexity index is 1230. The van der Waals surface area contributed by atoms with E-state index in [1.54, 1.807) is 18.2 Å². The van der Waals surface area contributed by atoms with Crippen molar-refractivity contribution in [1.82, 2.24) is 0 Å². The van der Waals surface area contributed by atoms with Crippen molar-refractivity contribution in [2.45, 2.75) is 33.3 Å². The molecule has 0 radical (unpaired) electrons. The highest BCUT2D eigenvalue weighted by molar-refractivity contribution is 7.92. The van der Waals surface area contributed by atoms with Gasteiger partial charge in [0.2, 0.25) is 10.0 Å². The van der Waals surface area contributed by atoms with Crippen molar-refractivity contribution in [2.75, 3.05) is 16.3 Å². The first kappa shape index (κ1) is 23.3. The molecule has 0 aliphatic rings. The van der Waals surface area contributed by atoms with Crippen molar-refractivity contribution in [3.63, 3.8) is 0 Å². The fourth-order valence-electron chi connectivity index (χ4n) is 3.14. The summed E-state index contributed by atoms with van der Waals surface area (Å²) in [7, 11) is -3.34. The molecule has 7 heteroatoms. The van der Waals surface area contributed by atoms with Crippen LogP contribution in [0, 0.1) is 6.92 Å². The highest BCUT2D eigenvalue weighted by atomic mass is 32.2. The summed E-state index contributed by atoms with van der Waals surface area (Å²) in [6.07, 6.45) is 1.11. The van der Waals surface area contributed by atoms with Gasteiger partial charge in [-0.05, 0) is 74.7 Å². The Morgan fingerprint density at radius 1 is 0.875 bits per heavy atom. The van der Waals surface area contributed by atoms with Crippen molar-refractivity contribution in [3.05, 3.63) is 77.9 Å². The maximum absolute atomic E-state index is 12.9. The van der Waals surface area contributed by atoms with Crippen LogP contribution < -0.4 is 10.0 Å². The van der Waals surface area contributed by atoms with E-state index in [0.717, 1.165) is 28.6 Å². The zero-order chi connectivity index (χ0) is 23.5. The average molecular weight is 453 g/mol. The maximum atomic E-state index is 12.9. The molecule has 0 spiro atoms. The Morgan fingerprint density at radius 2 is 1.50 bits per heavy atom. The number of carbonyl (C=O) groups is 1. The Morgan fingerprint density at radius 3 is 2.09 bits per heavy atom. The van der Waals surface area contributed by atoms with Crippen LogP contribution in [-0.2, 0) is 14.8 Å². The Hall–Kier alpha value is -3.32. The van der Waals surface area contributed by atoms with Gasteiger partial charge >= 0.3 is 5.97 Å². The van der Waals surface area contributed by atoms with E-state index >= 15 is 0 Å². The van der Waals surface area contributed by atoms with E-state index in [4.69, 9.17) is 4.74 Å². The Balaban J connectivity index is 2.00. The minimum absolute atomic E-state index is 0.409. The molecule has 2 N–H and O–H groups in total. The lowest BCUT2D eigenvalue weighted by molar-refractivity contribution is 0.00707. The smallest absolute Gasteiger partial charge is 0.340 e. The Kier molecular flexibility index (Phi) is 6.60. The summed E-state index contributed by atoms with van der Waals surface area (Å²) in [6.45, 7) is 7.49. The summed E-state index contributed by atoms with van der Waals surface area (Å²) < 4.78 is 30.9. The number of ether oxygens (including phenoxy) is 1. The van der Waals surface area contributed by atoms with Gasteiger partial charge in [0, 0.05) is 11.4 Å². The number of anilines is 3. The average Bonchev–Trinajstić information content (AvgIpc) is 2.68. The van der Waals surface area contributed by atoms with Crippen LogP contribution in [0.25, 0.3) is 11.1 Å². The van der Waals surface area contributed by atoms with Gasteiger partial charge in [0.15, 0.2) is 0 Å². The number of aryl methyl sites for hydroxylation is 1. The van der Waals surface area contributed by atoms with Crippen LogP contribution in [0.4, 0.5) is 17.1 Å². The van der Waals surface area contributed by atoms with Crippen LogP contribution in [0.1, 0.15) is 36.7 Å². The molecule has 0 fully saturated rings. The van der Waals surface area contributed by atoms with Gasteiger partial charge in [-0.25, -0.2) is 13.2 Å². The van der Waals surface area contributed by atoms with Gasteiger partial charge in [-0.1, -0.05) is 36.4 Å². The van der Waals surface area contributed by atoms with E-state index in [-0.39, 0.29) is 0 Å². The molecule has 0 aliphatic carbocycles. The van der Waals surface area contributed by atoms with Gasteiger partial charge < -0.3 is 10.1 Å². The molecule has 0 unspecified atom stereocenters. The number of benzene rings is 3. The number of carbonyl (C=O) groups excluding carboxylic acids is 1. The molecule has 32 heavy (non-hydrogen) atoms. The lowest BCUT2D eigenvalue weighted by atomic mass is 10.0. The number of para-hydroxylation sites is 1. The van der Waals surface area contributed by atoms with Crippen LogP contribution >= 0.6 is 0 Å². The number of nitrogens with one attached hydrogen (secondary N) is 2. The SMILES string of the molecule is Cc1ccccc1Nc1cc(-c2ccc(NS(C)(=O)=O)cc2)ccc1C(=O)OC(C)(C)C. The summed E-state index contributed by atoms with van der Waals surface area (Å²) in [5, 5.41) is 3.37. The third kappa shape index (κ3) is 6.34. The highest BCUT2D eigenvalue weighted by Crippen LogP contribution is 2.31. The van der Waals surface area contributed by atoms with E-state index < -0.39 is 21.6 Å². The summed E-state index contributed by atoms with van der Waals surface area (Å²) >= 11 is 0. The standard InChI is InChI=1S/C25H28N2O4S/c1-17-8-6-7-9-22(17)26-23-16-19(12-15-21(23)24(28)31-25(2,3)4)18-10-13-20(14-11-18)27-32(5,29)30/h6-16,26-27H,1-5H3. The molecule has 0 heterocycles. The van der Waals surface area contributed by atoms with Crippen LogP contribution in [0.2, 0.25) is 0 Å². The fourth-order valence-corrected chi connectivity index (χ4v) is 3.71. The van der Waals surface area contributed by atoms with E-state index in [9.17, 15) is 13.2 Å². The zero-order valence-electron chi connectivity index (χ0n) is 18.9. The molecule has 0 aromatic heterocycles. The third-order valence-corrected chi connectivity index (χ3v) is 5.18. The van der Waals surface area contributed by atoms with Crippen molar-refractivity contribution in [1.29, 1.82) is 0 Å². The fraction of sp³-hybridized carbons (Fsp3) is 0.240. The largest absolute Gasteiger partial charge is 0.456 e. The second-order valence-corrected chi connectivity index (χ2v) is 10.4. The van der Waals surface area contributed by atoms with Gasteiger partial charge in [0.05, 0.1) is 17.5 Å². The van der Waals surface area contributed by atoms with E-state index in [2.05, 4.69) is 10.0 Å². The molecule has 3 rings (SSSR count). The third-order valence-electron chi connectivity index (χ3n) is 4.57. The van der Waals surface area contributed by atoms with Crippen molar-refractivity contribution >= 4 is 33.1 Å². The summed E-state index contributed by atoms with van der Waals surface area (Å²) in [4.78, 5) is 12.9. The lowest BCUT2D eigenvalue weighted by Gasteiger charge is -2.21. The Labute approximate surface area is 189 Å². The summed E-state index contributed by atoms with van der Waals surface area (Å²) in [6, 6.07) is 20.4. The van der Waals surface area contributed by atoms with Crippen molar-refractivity contribution < 1.29 is 17.9 Å². The van der Waals surface area contributed by atoms with Gasteiger partial charge in [-0.15, -0.1) is 0 Å². The molecule has 0 saturated carbocycles. The number of esters is 1. The maximum Gasteiger partial charge on any atom is 0.340 e. The van der Waals surface area contributed by atoms with Crippen LogP contribution in [0.5, 0.6) is 0 Å². The van der Waals surface area contributed by atoms with E-state index in [1.165, 1.54) is 0 Å². The topological polar surface area (TPSA) is 84.5 Å². The van der Waals surface area contributed by atoms with Crippen molar-refractivity contribution in [2.24, 2.45) is 0 Å². The van der Waals surface area contributed by atoms with Crippen LogP contribution in [-0.4, -0.2) is 26.2 Å². The van der Waals surface area contributed by atoms with Gasteiger partial charge in [-0.2, -0.15) is 0 Å². The molecule has 0 atom stereocenters. The first-order chi connectivity index (χ1) is 14.9. The first-order valence-corrected chi connectivity index (χ1v) is 12.1. The molecule has 3 aromatic rings. The lowest BCUT2D eigenvalue weighted by Crippen LogP contribution is -2.24. The molecule has 168 valence electrons. The predicted molar refractivity (Wildman–Crippen MR) is 130 cm³/mol. The normalized spacial score (nSPS) is 11.7. The number of hydrogen-bond acceptors (Lipinski definition) is 5. The summed E-state index contributed by atoms with van der Waals surface area (Å²) in [5.74, 6) is -0.409. The molecule has 6 nitrogen and oxygen atoms in total. The second-order valence-electron chi connectivity index (χ2n) is 8.65. The highest BCUT2D eigenvalue weighted by Gasteiger charge is 2.21. The summed E-state index contributed by atoms with van der Waals surface area (Å²) in [5.41, 5.74) is 4.63.